The molecule has 0 spiro atoms. The number of ether oxygens (including phenoxy) is 1. The summed E-state index contributed by atoms with van der Waals surface area (Å²) in [5.74, 6) is 0.500. The first-order valence-corrected chi connectivity index (χ1v) is 6.86. The molecule has 21 heavy (non-hydrogen) atoms. The molecule has 1 heterocycles. The van der Waals surface area contributed by atoms with Crippen LogP contribution >= 0.6 is 0 Å². The number of hydrogen-bond acceptors (Lipinski definition) is 4. The summed E-state index contributed by atoms with van der Waals surface area (Å²) in [5, 5.41) is 6.96. The molecule has 0 saturated heterocycles. The fourth-order valence-corrected chi connectivity index (χ4v) is 1.92. The third-order valence-corrected chi connectivity index (χ3v) is 2.96. The smallest absolute Gasteiger partial charge is 0.258 e. The Kier molecular flexibility index (Phi) is 5.34. The summed E-state index contributed by atoms with van der Waals surface area (Å²) in [6.45, 7) is 3.04. The van der Waals surface area contributed by atoms with E-state index in [2.05, 4.69) is 10.4 Å². The lowest BCUT2D eigenvalue weighted by Gasteiger charge is -2.14. The van der Waals surface area contributed by atoms with Gasteiger partial charge in [0.2, 0.25) is 0 Å². The number of hydrogen-bond donors (Lipinski definition) is 2. The van der Waals surface area contributed by atoms with E-state index in [4.69, 9.17) is 10.5 Å². The maximum Gasteiger partial charge on any atom is 0.258 e. The number of carbonyl (C=O) groups is 1. The second-order valence-electron chi connectivity index (χ2n) is 4.83. The molecule has 1 aromatic carbocycles. The van der Waals surface area contributed by atoms with E-state index in [1.54, 1.807) is 10.9 Å². The number of carbonyl (C=O) groups excluding carboxylic acids is 1. The Bertz CT molecular complexity index is 552. The first-order valence-electron chi connectivity index (χ1n) is 6.86. The molecule has 3 N–H and O–H groups in total. The molecule has 2 rings (SSSR count). The average Bonchev–Trinajstić information content (AvgIpc) is 2.98. The molecule has 0 aliphatic carbocycles. The van der Waals surface area contributed by atoms with Crippen molar-refractivity contribution in [3.63, 3.8) is 0 Å². The Balaban J connectivity index is 1.73. The molecular weight excluding hydrogens is 268 g/mol. The van der Waals surface area contributed by atoms with Crippen LogP contribution in [0.1, 0.15) is 12.5 Å². The number of nitrogens with two attached hydrogens (primary N) is 1. The summed E-state index contributed by atoms with van der Waals surface area (Å²) in [4.78, 5) is 11.8. The van der Waals surface area contributed by atoms with E-state index < -0.39 is 0 Å². The van der Waals surface area contributed by atoms with Crippen LogP contribution in [-0.2, 0) is 17.9 Å². The SMILES string of the molecule is CC(Cn1cccn1)NC(=O)COc1ccc(CN)cc1. The summed E-state index contributed by atoms with van der Waals surface area (Å²) in [6, 6.07) is 9.22. The van der Waals surface area contributed by atoms with Gasteiger partial charge in [-0.3, -0.25) is 9.48 Å². The zero-order chi connectivity index (χ0) is 15.1. The van der Waals surface area contributed by atoms with Crippen LogP contribution in [0.5, 0.6) is 5.75 Å². The largest absolute Gasteiger partial charge is 0.484 e. The second kappa shape index (κ2) is 7.44. The van der Waals surface area contributed by atoms with Crippen molar-refractivity contribution in [1.82, 2.24) is 15.1 Å². The standard InChI is InChI=1S/C15H20N4O2/c1-12(10-19-8-2-7-17-19)18-15(20)11-21-14-5-3-13(9-16)4-6-14/h2-8,12H,9-11,16H2,1H3,(H,18,20). The van der Waals surface area contributed by atoms with Gasteiger partial charge >= 0.3 is 0 Å². The summed E-state index contributed by atoms with van der Waals surface area (Å²) in [7, 11) is 0. The van der Waals surface area contributed by atoms with Crippen LogP contribution in [0.15, 0.2) is 42.7 Å². The van der Waals surface area contributed by atoms with Gasteiger partial charge in [-0.25, -0.2) is 0 Å². The number of rotatable bonds is 7. The Morgan fingerprint density at radius 2 is 2.19 bits per heavy atom. The molecule has 0 radical (unpaired) electrons. The van der Waals surface area contributed by atoms with E-state index in [0.29, 0.717) is 18.8 Å². The Morgan fingerprint density at radius 1 is 1.43 bits per heavy atom. The van der Waals surface area contributed by atoms with Gasteiger partial charge in [0.1, 0.15) is 5.75 Å². The number of amides is 1. The minimum Gasteiger partial charge on any atom is -0.484 e. The highest BCUT2D eigenvalue weighted by atomic mass is 16.5. The highest BCUT2D eigenvalue weighted by Crippen LogP contribution is 2.11. The number of nitrogens with one attached hydrogen (secondary N) is 1. The third-order valence-electron chi connectivity index (χ3n) is 2.96. The van der Waals surface area contributed by atoms with Crippen LogP contribution in [-0.4, -0.2) is 28.3 Å². The molecule has 6 heteroatoms. The molecule has 0 aliphatic heterocycles. The Morgan fingerprint density at radius 3 is 2.81 bits per heavy atom. The Labute approximate surface area is 123 Å². The van der Waals surface area contributed by atoms with E-state index >= 15 is 0 Å². The maximum atomic E-state index is 11.8. The molecule has 1 unspecified atom stereocenters. The van der Waals surface area contributed by atoms with Crippen LogP contribution in [0.25, 0.3) is 0 Å². The lowest BCUT2D eigenvalue weighted by atomic mass is 10.2. The van der Waals surface area contributed by atoms with Gasteiger partial charge in [-0.1, -0.05) is 12.1 Å². The second-order valence-corrected chi connectivity index (χ2v) is 4.83. The Hall–Kier alpha value is -2.34. The number of nitrogens with zero attached hydrogens (tertiary/aromatic N) is 2. The first kappa shape index (κ1) is 15.1. The molecule has 0 saturated carbocycles. The normalized spacial score (nSPS) is 11.9. The molecule has 0 fully saturated rings. The lowest BCUT2D eigenvalue weighted by molar-refractivity contribution is -0.123. The molecule has 112 valence electrons. The molecular formula is C15H20N4O2. The number of benzene rings is 1. The molecule has 2 aromatic rings. The van der Waals surface area contributed by atoms with Gasteiger partial charge in [0.15, 0.2) is 6.61 Å². The van der Waals surface area contributed by atoms with Gasteiger partial charge in [0.25, 0.3) is 5.91 Å². The third kappa shape index (κ3) is 4.92. The first-order chi connectivity index (χ1) is 10.2. The van der Waals surface area contributed by atoms with Crippen molar-refractivity contribution in [3.8, 4) is 5.75 Å². The fourth-order valence-electron chi connectivity index (χ4n) is 1.92. The van der Waals surface area contributed by atoms with Crippen molar-refractivity contribution < 1.29 is 9.53 Å². The van der Waals surface area contributed by atoms with E-state index in [0.717, 1.165) is 5.56 Å². The summed E-state index contributed by atoms with van der Waals surface area (Å²) in [5.41, 5.74) is 6.55. The topological polar surface area (TPSA) is 82.2 Å². The average molecular weight is 288 g/mol. The molecule has 6 nitrogen and oxygen atoms in total. The summed E-state index contributed by atoms with van der Waals surface area (Å²) >= 11 is 0. The van der Waals surface area contributed by atoms with Gasteiger partial charge in [-0.05, 0) is 30.7 Å². The molecule has 1 amide bonds. The highest BCUT2D eigenvalue weighted by molar-refractivity contribution is 5.77. The van der Waals surface area contributed by atoms with Crippen molar-refractivity contribution >= 4 is 5.91 Å². The predicted molar refractivity (Wildman–Crippen MR) is 79.7 cm³/mol. The van der Waals surface area contributed by atoms with Crippen molar-refractivity contribution in [2.75, 3.05) is 6.61 Å². The summed E-state index contributed by atoms with van der Waals surface area (Å²) < 4.78 is 7.20. The van der Waals surface area contributed by atoms with Gasteiger partial charge in [0.05, 0.1) is 6.54 Å². The molecule has 1 atom stereocenters. The van der Waals surface area contributed by atoms with Crippen molar-refractivity contribution in [2.45, 2.75) is 26.1 Å². The van der Waals surface area contributed by atoms with Crippen LogP contribution in [0.3, 0.4) is 0 Å². The van der Waals surface area contributed by atoms with Gasteiger partial charge < -0.3 is 15.8 Å². The zero-order valence-corrected chi connectivity index (χ0v) is 12.0. The molecule has 0 aliphatic rings. The number of aromatic nitrogens is 2. The van der Waals surface area contributed by atoms with E-state index in [-0.39, 0.29) is 18.6 Å². The maximum absolute atomic E-state index is 11.8. The van der Waals surface area contributed by atoms with Crippen LogP contribution in [0.4, 0.5) is 0 Å². The van der Waals surface area contributed by atoms with Gasteiger partial charge in [-0.2, -0.15) is 5.10 Å². The van der Waals surface area contributed by atoms with E-state index in [1.165, 1.54) is 0 Å². The molecule has 1 aromatic heterocycles. The van der Waals surface area contributed by atoms with E-state index in [9.17, 15) is 4.79 Å². The van der Waals surface area contributed by atoms with Crippen molar-refractivity contribution in [2.24, 2.45) is 5.73 Å². The van der Waals surface area contributed by atoms with Crippen molar-refractivity contribution in [3.05, 3.63) is 48.3 Å². The zero-order valence-electron chi connectivity index (χ0n) is 12.0. The minimum atomic E-state index is -0.155. The van der Waals surface area contributed by atoms with Gasteiger partial charge in [-0.15, -0.1) is 0 Å². The van der Waals surface area contributed by atoms with Crippen LogP contribution in [0, 0.1) is 0 Å². The van der Waals surface area contributed by atoms with Gasteiger partial charge in [0, 0.05) is 25.0 Å². The lowest BCUT2D eigenvalue weighted by Crippen LogP contribution is -2.38. The van der Waals surface area contributed by atoms with Crippen molar-refractivity contribution in [1.29, 1.82) is 0 Å². The molecule has 0 bridgehead atoms. The monoisotopic (exact) mass is 288 g/mol. The van der Waals surface area contributed by atoms with Crippen LogP contribution < -0.4 is 15.8 Å². The highest BCUT2D eigenvalue weighted by Gasteiger charge is 2.08. The van der Waals surface area contributed by atoms with Crippen LogP contribution in [0.2, 0.25) is 0 Å². The fraction of sp³-hybridized carbons (Fsp3) is 0.333. The van der Waals surface area contributed by atoms with E-state index in [1.807, 2.05) is 43.5 Å². The minimum absolute atomic E-state index is 0.00851. The summed E-state index contributed by atoms with van der Waals surface area (Å²) in [6.07, 6.45) is 3.57. The predicted octanol–water partition coefficient (Wildman–Crippen LogP) is 0.925. The quantitative estimate of drug-likeness (QED) is 0.794.